The Balaban J connectivity index is 1.86. The van der Waals surface area contributed by atoms with Gasteiger partial charge in [-0.3, -0.25) is 19.3 Å². The first-order valence-corrected chi connectivity index (χ1v) is 9.61. The number of benzene rings is 2. The summed E-state index contributed by atoms with van der Waals surface area (Å²) < 4.78 is 4.70. The summed E-state index contributed by atoms with van der Waals surface area (Å²) in [4.78, 5) is 38.8. The van der Waals surface area contributed by atoms with Crippen LogP contribution in [0.1, 0.15) is 23.1 Å². The van der Waals surface area contributed by atoms with Crippen molar-refractivity contribution in [1.82, 2.24) is 0 Å². The van der Waals surface area contributed by atoms with Crippen LogP contribution >= 0.6 is 0 Å². The normalized spacial score (nSPS) is 13.0. The minimum Gasteiger partial charge on any atom is -0.469 e. The average molecular weight is 407 g/mol. The van der Waals surface area contributed by atoms with Crippen molar-refractivity contribution in [3.8, 4) is 0 Å². The van der Waals surface area contributed by atoms with Gasteiger partial charge in [0.1, 0.15) is 6.54 Å². The van der Waals surface area contributed by atoms with Crippen molar-refractivity contribution in [1.29, 1.82) is 0 Å². The van der Waals surface area contributed by atoms with E-state index in [1.807, 2.05) is 39.0 Å². The molecule has 0 fully saturated rings. The molecule has 2 aromatic carbocycles. The number of hydrogen-bond acceptors (Lipinski definition) is 5. The molecule has 7 heteroatoms. The van der Waals surface area contributed by atoms with Gasteiger partial charge < -0.3 is 15.4 Å². The predicted molar refractivity (Wildman–Crippen MR) is 116 cm³/mol. The first kappa shape index (κ1) is 21.1. The van der Waals surface area contributed by atoms with Gasteiger partial charge in [-0.05, 0) is 44.0 Å². The zero-order valence-corrected chi connectivity index (χ0v) is 17.5. The van der Waals surface area contributed by atoms with Gasteiger partial charge in [-0.1, -0.05) is 29.8 Å². The summed E-state index contributed by atoms with van der Waals surface area (Å²) in [5.41, 5.74) is 5.40. The van der Waals surface area contributed by atoms with Crippen LogP contribution in [-0.4, -0.2) is 31.4 Å². The highest BCUT2D eigenvalue weighted by Crippen LogP contribution is 2.30. The standard InChI is InChI=1S/C23H25N3O4/c1-14-9-15(2)23(16(3)10-14)25-20(27)13-26-19-8-6-5-7-18(19)24-17(11-21(26)28)12-22(29)30-4/h5-11,24H,12-13H2,1-4H3,(H,25,27). The number of para-hydroxylation sites is 2. The quantitative estimate of drug-likeness (QED) is 0.741. The van der Waals surface area contributed by atoms with Gasteiger partial charge >= 0.3 is 5.97 Å². The van der Waals surface area contributed by atoms with E-state index in [0.717, 1.165) is 22.4 Å². The van der Waals surface area contributed by atoms with E-state index in [1.165, 1.54) is 18.1 Å². The number of aryl methyl sites for hydroxylation is 3. The van der Waals surface area contributed by atoms with Crippen molar-refractivity contribution in [2.24, 2.45) is 0 Å². The smallest absolute Gasteiger partial charge is 0.311 e. The molecule has 3 rings (SSSR count). The summed E-state index contributed by atoms with van der Waals surface area (Å²) >= 11 is 0. The Morgan fingerprint density at radius 1 is 1.10 bits per heavy atom. The van der Waals surface area contributed by atoms with Crippen LogP contribution in [0.15, 0.2) is 48.2 Å². The second kappa shape index (κ2) is 8.82. The van der Waals surface area contributed by atoms with Crippen molar-refractivity contribution in [2.75, 3.05) is 29.2 Å². The van der Waals surface area contributed by atoms with Gasteiger partial charge in [0, 0.05) is 17.5 Å². The molecular formula is C23H25N3O4. The van der Waals surface area contributed by atoms with E-state index >= 15 is 0 Å². The number of esters is 1. The Labute approximate surface area is 175 Å². The average Bonchev–Trinajstić information content (AvgIpc) is 2.81. The molecule has 0 saturated heterocycles. The third-order valence-corrected chi connectivity index (χ3v) is 4.86. The van der Waals surface area contributed by atoms with Crippen LogP contribution < -0.4 is 15.5 Å². The molecule has 0 aliphatic carbocycles. The molecule has 0 atom stereocenters. The lowest BCUT2D eigenvalue weighted by atomic mass is 10.1. The zero-order chi connectivity index (χ0) is 21.8. The van der Waals surface area contributed by atoms with Gasteiger partial charge in [0.2, 0.25) is 5.91 Å². The van der Waals surface area contributed by atoms with E-state index < -0.39 is 5.97 Å². The van der Waals surface area contributed by atoms with Crippen LogP contribution in [0.2, 0.25) is 0 Å². The highest BCUT2D eigenvalue weighted by Gasteiger charge is 2.25. The number of nitrogens with one attached hydrogen (secondary N) is 2. The first-order valence-electron chi connectivity index (χ1n) is 9.61. The Bertz CT molecular complexity index is 1020. The summed E-state index contributed by atoms with van der Waals surface area (Å²) in [5, 5.41) is 6.03. The molecule has 0 unspecified atom stereocenters. The lowest BCUT2D eigenvalue weighted by Gasteiger charge is -2.22. The van der Waals surface area contributed by atoms with Crippen LogP contribution in [0, 0.1) is 20.8 Å². The molecule has 30 heavy (non-hydrogen) atoms. The van der Waals surface area contributed by atoms with Crippen molar-refractivity contribution >= 4 is 34.8 Å². The number of rotatable bonds is 5. The van der Waals surface area contributed by atoms with Gasteiger partial charge in [0.25, 0.3) is 5.91 Å². The van der Waals surface area contributed by atoms with E-state index in [0.29, 0.717) is 17.1 Å². The third kappa shape index (κ3) is 4.68. The van der Waals surface area contributed by atoms with Gasteiger partial charge in [-0.15, -0.1) is 0 Å². The van der Waals surface area contributed by atoms with E-state index in [-0.39, 0.29) is 24.8 Å². The summed E-state index contributed by atoms with van der Waals surface area (Å²) in [6.07, 6.45) is 1.25. The number of amides is 2. The van der Waals surface area contributed by atoms with Crippen LogP contribution in [0.3, 0.4) is 0 Å². The van der Waals surface area contributed by atoms with Crippen molar-refractivity contribution < 1.29 is 19.1 Å². The lowest BCUT2D eigenvalue weighted by molar-refractivity contribution is -0.139. The molecule has 0 saturated carbocycles. The molecule has 0 spiro atoms. The minimum atomic E-state index is -0.462. The number of anilines is 3. The van der Waals surface area contributed by atoms with Crippen molar-refractivity contribution in [3.05, 3.63) is 64.9 Å². The fourth-order valence-electron chi connectivity index (χ4n) is 3.56. The molecular weight excluding hydrogens is 382 g/mol. The van der Waals surface area contributed by atoms with Gasteiger partial charge in [0.05, 0.1) is 24.9 Å². The number of hydrogen-bond donors (Lipinski definition) is 2. The number of nitrogens with zero attached hydrogens (tertiary/aromatic N) is 1. The Hall–Kier alpha value is -3.61. The molecule has 0 bridgehead atoms. The Morgan fingerprint density at radius 2 is 1.77 bits per heavy atom. The second-order valence-corrected chi connectivity index (χ2v) is 7.31. The number of fused-ring (bicyclic) bond motifs is 1. The monoisotopic (exact) mass is 407 g/mol. The molecule has 2 amide bonds. The van der Waals surface area contributed by atoms with Crippen molar-refractivity contribution in [3.63, 3.8) is 0 Å². The number of carbonyl (C=O) groups is 3. The van der Waals surface area contributed by atoms with E-state index in [4.69, 9.17) is 4.74 Å². The molecule has 7 nitrogen and oxygen atoms in total. The topological polar surface area (TPSA) is 87.7 Å². The lowest BCUT2D eigenvalue weighted by Crippen LogP contribution is -2.37. The number of ether oxygens (including phenoxy) is 1. The predicted octanol–water partition coefficient (Wildman–Crippen LogP) is 3.46. The summed E-state index contributed by atoms with van der Waals surface area (Å²) in [6, 6.07) is 11.2. The van der Waals surface area contributed by atoms with Crippen LogP contribution in [0.5, 0.6) is 0 Å². The molecule has 1 aliphatic heterocycles. The summed E-state index contributed by atoms with van der Waals surface area (Å²) in [7, 11) is 1.29. The molecule has 0 radical (unpaired) electrons. The van der Waals surface area contributed by atoms with Crippen LogP contribution in [-0.2, 0) is 19.1 Å². The molecule has 0 aromatic heterocycles. The molecule has 2 aromatic rings. The highest BCUT2D eigenvalue weighted by molar-refractivity contribution is 6.10. The first-order chi connectivity index (χ1) is 14.3. The third-order valence-electron chi connectivity index (χ3n) is 4.86. The maximum atomic E-state index is 12.9. The molecule has 2 N–H and O–H groups in total. The van der Waals surface area contributed by atoms with Crippen LogP contribution in [0.25, 0.3) is 0 Å². The number of carbonyl (C=O) groups excluding carboxylic acids is 3. The van der Waals surface area contributed by atoms with E-state index in [2.05, 4.69) is 10.6 Å². The summed E-state index contributed by atoms with van der Waals surface area (Å²) in [5.74, 6) is -1.16. The van der Waals surface area contributed by atoms with Gasteiger partial charge in [-0.2, -0.15) is 0 Å². The maximum Gasteiger partial charge on any atom is 0.311 e. The fourth-order valence-corrected chi connectivity index (χ4v) is 3.56. The molecule has 1 heterocycles. The SMILES string of the molecule is COC(=O)CC1=CC(=O)N(CC(=O)Nc2c(C)cc(C)cc2C)c2ccccc2N1. The molecule has 1 aliphatic rings. The largest absolute Gasteiger partial charge is 0.469 e. The van der Waals surface area contributed by atoms with Crippen LogP contribution in [0.4, 0.5) is 17.1 Å². The van der Waals surface area contributed by atoms with Gasteiger partial charge in [0.15, 0.2) is 0 Å². The minimum absolute atomic E-state index is 0.0711. The van der Waals surface area contributed by atoms with Gasteiger partial charge in [-0.25, -0.2) is 0 Å². The Morgan fingerprint density at radius 3 is 2.43 bits per heavy atom. The maximum absolute atomic E-state index is 12.9. The van der Waals surface area contributed by atoms with E-state index in [1.54, 1.807) is 18.2 Å². The van der Waals surface area contributed by atoms with E-state index in [9.17, 15) is 14.4 Å². The second-order valence-electron chi connectivity index (χ2n) is 7.31. The molecule has 156 valence electrons. The summed E-state index contributed by atoms with van der Waals surface area (Å²) in [6.45, 7) is 5.72. The fraction of sp³-hybridized carbons (Fsp3) is 0.261. The zero-order valence-electron chi connectivity index (χ0n) is 17.5. The number of methoxy groups -OCH3 is 1. The Kier molecular flexibility index (Phi) is 6.20. The highest BCUT2D eigenvalue weighted by atomic mass is 16.5. The van der Waals surface area contributed by atoms with Crippen molar-refractivity contribution in [2.45, 2.75) is 27.2 Å².